The number of hydrogen-bond donors (Lipinski definition) is 0. The van der Waals surface area contributed by atoms with Gasteiger partial charge >= 0.3 is 6.18 Å². The molecule has 16 heavy (non-hydrogen) atoms. The lowest BCUT2D eigenvalue weighted by Crippen LogP contribution is -2.11. The van der Waals surface area contributed by atoms with E-state index in [0.717, 1.165) is 6.07 Å². The molecule has 0 heterocycles. The van der Waals surface area contributed by atoms with Crippen LogP contribution >= 0.6 is 11.6 Å². The zero-order valence-electron chi connectivity index (χ0n) is 7.40. The summed E-state index contributed by atoms with van der Waals surface area (Å²) >= 11 is 4.93. The first-order valence-electron chi connectivity index (χ1n) is 3.78. The topological polar surface area (TPSA) is 40.9 Å². The Hall–Kier alpha value is -1.61. The summed E-state index contributed by atoms with van der Waals surface area (Å²) in [6, 6.07) is 2.09. The summed E-state index contributed by atoms with van der Waals surface area (Å²) in [5, 5.41) is 7.16. The Labute approximate surface area is 92.0 Å². The van der Waals surface area contributed by atoms with Crippen LogP contribution in [0.3, 0.4) is 0 Å². The van der Waals surface area contributed by atoms with E-state index in [1.807, 2.05) is 0 Å². The summed E-state index contributed by atoms with van der Waals surface area (Å²) < 4.78 is 50.2. The fraction of sp³-hybridized carbons (Fsp3) is 0.111. The molecule has 0 aliphatic rings. The zero-order chi connectivity index (χ0) is 12.5. The van der Waals surface area contributed by atoms with E-state index in [1.54, 1.807) is 0 Å². The number of rotatable bonds is 1. The Kier molecular flexibility index (Phi) is 3.19. The van der Waals surface area contributed by atoms with E-state index in [-0.39, 0.29) is 0 Å². The molecule has 0 atom stereocenters. The maximum absolute atomic E-state index is 13.3. The molecule has 0 amide bonds. The van der Waals surface area contributed by atoms with Gasteiger partial charge in [-0.25, -0.2) is 4.39 Å². The van der Waals surface area contributed by atoms with Gasteiger partial charge < -0.3 is 0 Å². The first kappa shape index (κ1) is 12.5. The van der Waals surface area contributed by atoms with Crippen LogP contribution in [-0.4, -0.2) is 5.24 Å². The molecule has 0 N–H and O–H groups in total. The standard InChI is InChI=1S/C9H2ClF4NO/c10-8(16)4-1-2-6(9(12,13)14)5(3-15)7(4)11/h1-2H. The van der Waals surface area contributed by atoms with Crippen molar-refractivity contribution < 1.29 is 22.4 Å². The second-order valence-electron chi connectivity index (χ2n) is 2.73. The van der Waals surface area contributed by atoms with Crippen molar-refractivity contribution in [2.75, 3.05) is 0 Å². The molecule has 0 spiro atoms. The fourth-order valence-corrected chi connectivity index (χ4v) is 1.22. The average molecular weight is 252 g/mol. The van der Waals surface area contributed by atoms with E-state index >= 15 is 0 Å². The highest BCUT2D eigenvalue weighted by molar-refractivity contribution is 6.67. The smallest absolute Gasteiger partial charge is 0.275 e. The third-order valence-corrected chi connectivity index (χ3v) is 1.97. The summed E-state index contributed by atoms with van der Waals surface area (Å²) in [5.41, 5.74) is -3.43. The van der Waals surface area contributed by atoms with Crippen molar-refractivity contribution >= 4 is 16.8 Å². The molecule has 0 radical (unpaired) electrons. The number of benzene rings is 1. The number of carbonyl (C=O) groups is 1. The molecular weight excluding hydrogens is 250 g/mol. The molecule has 7 heteroatoms. The van der Waals surface area contributed by atoms with Crippen molar-refractivity contribution in [3.8, 4) is 6.07 Å². The van der Waals surface area contributed by atoms with E-state index in [0.29, 0.717) is 12.1 Å². The molecule has 1 aromatic rings. The molecule has 0 aromatic heterocycles. The van der Waals surface area contributed by atoms with E-state index in [2.05, 4.69) is 0 Å². The minimum atomic E-state index is -4.86. The predicted molar refractivity (Wildman–Crippen MR) is 46.3 cm³/mol. The van der Waals surface area contributed by atoms with Crippen molar-refractivity contribution in [3.63, 3.8) is 0 Å². The van der Waals surface area contributed by atoms with Crippen molar-refractivity contribution in [3.05, 3.63) is 34.6 Å². The Morgan fingerprint density at radius 3 is 2.31 bits per heavy atom. The van der Waals surface area contributed by atoms with Gasteiger partial charge in [0.15, 0.2) is 5.82 Å². The number of nitriles is 1. The molecule has 0 saturated heterocycles. The molecular formula is C9H2ClF4NO. The van der Waals surface area contributed by atoms with Crippen LogP contribution in [-0.2, 0) is 6.18 Å². The molecule has 2 nitrogen and oxygen atoms in total. The molecule has 0 saturated carbocycles. The first-order valence-corrected chi connectivity index (χ1v) is 4.16. The van der Waals surface area contributed by atoms with Gasteiger partial charge in [-0.05, 0) is 23.7 Å². The molecule has 0 aliphatic heterocycles. The Morgan fingerprint density at radius 1 is 1.38 bits per heavy atom. The van der Waals surface area contributed by atoms with Gasteiger partial charge in [-0.2, -0.15) is 18.4 Å². The summed E-state index contributed by atoms with van der Waals surface area (Å²) in [5.74, 6) is -1.56. The second-order valence-corrected chi connectivity index (χ2v) is 3.08. The van der Waals surface area contributed by atoms with Gasteiger partial charge in [-0.1, -0.05) is 0 Å². The molecule has 0 aliphatic carbocycles. The quantitative estimate of drug-likeness (QED) is 0.568. The van der Waals surface area contributed by atoms with Crippen LogP contribution in [0.1, 0.15) is 21.5 Å². The highest BCUT2D eigenvalue weighted by atomic mass is 35.5. The van der Waals surface area contributed by atoms with Gasteiger partial charge in [0.1, 0.15) is 11.6 Å². The molecule has 0 bridgehead atoms. The van der Waals surface area contributed by atoms with Gasteiger partial charge in [-0.15, -0.1) is 0 Å². The third kappa shape index (κ3) is 2.14. The molecule has 1 rings (SSSR count). The summed E-state index contributed by atoms with van der Waals surface area (Å²) in [6.07, 6.45) is -4.86. The van der Waals surface area contributed by atoms with Crippen LogP contribution in [0.4, 0.5) is 17.6 Å². The fourth-order valence-electron chi connectivity index (χ4n) is 1.07. The Bertz CT molecular complexity index is 490. The van der Waals surface area contributed by atoms with Gasteiger partial charge in [0.25, 0.3) is 5.24 Å². The van der Waals surface area contributed by atoms with Crippen LogP contribution in [0.2, 0.25) is 0 Å². The normalized spacial score (nSPS) is 11.0. The monoisotopic (exact) mass is 251 g/mol. The third-order valence-electron chi connectivity index (χ3n) is 1.77. The molecule has 84 valence electrons. The first-order chi connectivity index (χ1) is 7.29. The van der Waals surface area contributed by atoms with Crippen LogP contribution in [0.25, 0.3) is 0 Å². The van der Waals surface area contributed by atoms with Crippen LogP contribution in [0.15, 0.2) is 12.1 Å². The second kappa shape index (κ2) is 4.10. The largest absolute Gasteiger partial charge is 0.417 e. The number of carbonyl (C=O) groups excluding carboxylic acids is 1. The van der Waals surface area contributed by atoms with Crippen LogP contribution in [0.5, 0.6) is 0 Å². The van der Waals surface area contributed by atoms with E-state index in [9.17, 15) is 22.4 Å². The van der Waals surface area contributed by atoms with Crippen molar-refractivity contribution in [2.45, 2.75) is 6.18 Å². The highest BCUT2D eigenvalue weighted by Gasteiger charge is 2.36. The van der Waals surface area contributed by atoms with Gasteiger partial charge in [0, 0.05) is 0 Å². The maximum Gasteiger partial charge on any atom is 0.417 e. The summed E-state index contributed by atoms with van der Waals surface area (Å²) in [6.45, 7) is 0. The molecule has 0 fully saturated rings. The lowest BCUT2D eigenvalue weighted by Gasteiger charge is -2.10. The van der Waals surface area contributed by atoms with Crippen molar-refractivity contribution in [2.24, 2.45) is 0 Å². The predicted octanol–water partition coefficient (Wildman–Crippen LogP) is 3.10. The number of nitrogens with zero attached hydrogens (tertiary/aromatic N) is 1. The number of alkyl halides is 3. The van der Waals surface area contributed by atoms with Gasteiger partial charge in [-0.3, -0.25) is 4.79 Å². The maximum atomic E-state index is 13.3. The lowest BCUT2D eigenvalue weighted by molar-refractivity contribution is -0.138. The minimum absolute atomic E-state index is 0.442. The zero-order valence-corrected chi connectivity index (χ0v) is 8.16. The van der Waals surface area contributed by atoms with E-state index < -0.39 is 33.9 Å². The van der Waals surface area contributed by atoms with Gasteiger partial charge in [0.05, 0.1) is 11.1 Å². The SMILES string of the molecule is N#Cc1c(C(F)(F)F)ccc(C(=O)Cl)c1F. The molecule has 0 unspecified atom stereocenters. The number of halogens is 5. The molecule has 1 aromatic carbocycles. The summed E-state index contributed by atoms with van der Waals surface area (Å²) in [7, 11) is 0. The van der Waals surface area contributed by atoms with E-state index in [4.69, 9.17) is 16.9 Å². The number of hydrogen-bond acceptors (Lipinski definition) is 2. The van der Waals surface area contributed by atoms with Crippen molar-refractivity contribution in [1.82, 2.24) is 0 Å². The lowest BCUT2D eigenvalue weighted by atomic mass is 10.0. The highest BCUT2D eigenvalue weighted by Crippen LogP contribution is 2.33. The average Bonchev–Trinajstić information content (AvgIpc) is 2.15. The summed E-state index contributed by atoms with van der Waals surface area (Å²) in [4.78, 5) is 10.6. The van der Waals surface area contributed by atoms with E-state index in [1.165, 1.54) is 0 Å². The Morgan fingerprint density at radius 2 is 1.94 bits per heavy atom. The van der Waals surface area contributed by atoms with Crippen molar-refractivity contribution in [1.29, 1.82) is 5.26 Å². The Balaban J connectivity index is 3.56. The van der Waals surface area contributed by atoms with Crippen LogP contribution in [0, 0.1) is 17.1 Å². The van der Waals surface area contributed by atoms with Gasteiger partial charge in [0.2, 0.25) is 0 Å². The van der Waals surface area contributed by atoms with Crippen LogP contribution < -0.4 is 0 Å². The minimum Gasteiger partial charge on any atom is -0.275 e.